The molecule has 4 aliphatic heterocycles. The number of fused-ring (bicyclic) bond motifs is 9. The molecule has 27 N–H and O–H groups in total. The number of H-pyrrole nitrogens is 2. The molecular weight excluding hydrogens is 1630 g/mol. The third kappa shape index (κ3) is 30.6. The van der Waals surface area contributed by atoms with Crippen molar-refractivity contribution in [2.45, 2.75) is 169 Å². The van der Waals surface area contributed by atoms with Crippen molar-refractivity contribution in [3.05, 3.63) is 72.3 Å². The standard InChI is InChI=1S/C69H100N26O19S4/c1-34-55(101)77-24-54(100)86-43(21-51(71)97)57(103)78-25-52(98)85-40(13-8-16-76-69(72)73)60(106)92-49-31-117-115-28-46-58(104)79-26-53(99)84-39(12-6-7-15-70)59(105)88-42(19-37-22-74-32-80-37)62(108)87-41(18-36-10-4-3-5-11-36)61(107)90-45(27-96)63(109)93-47(64(110)82-34)29-116-118-30-48(94-66(49)112)65(111)89-44(20-38-23-75-33-81-38)68(114)95-17-9-14-50(95)67(113)83-35(2)56(102)91-46/h3-5,10-11,22-23,32-35,39-50,96H,6-9,12-21,24-31,70H2,1-2H3,(H2,71,97)(H,74,80)(H,75,81)(H,77,101)(H,78,103)(H,79,104)(H,82,110)(H,83,113)(H,84,99)(H,85,98)(H,86,100)(H,87,108)(H,88,105)(H,89,111)(H,90,107)(H,91,102)(H,92,106)(H,93,109)(H,94,112)(H4,72,73,76)/t34-,35-,39-,40-,41-,42-,43-,44-,45-,46-,47-,48-,49-,50-/m0/s1. The van der Waals surface area contributed by atoms with Gasteiger partial charge >= 0.3 is 0 Å². The molecule has 3 aromatic rings. The first-order chi connectivity index (χ1) is 56.4. The van der Waals surface area contributed by atoms with E-state index in [-0.39, 0.29) is 88.8 Å². The molecule has 14 atom stereocenters. The summed E-state index contributed by atoms with van der Waals surface area (Å²) in [4.78, 5) is 274. The topological polar surface area (TPSA) is 695 Å². The summed E-state index contributed by atoms with van der Waals surface area (Å²) < 4.78 is 0. The van der Waals surface area contributed by atoms with Crippen LogP contribution in [0.1, 0.15) is 82.2 Å². The van der Waals surface area contributed by atoms with Gasteiger partial charge in [-0.2, -0.15) is 0 Å². The van der Waals surface area contributed by atoms with E-state index in [2.05, 4.69) is 110 Å². The van der Waals surface area contributed by atoms with Gasteiger partial charge in [-0.25, -0.2) is 9.97 Å². The van der Waals surface area contributed by atoms with Gasteiger partial charge in [0.1, 0.15) is 84.6 Å². The number of aromatic amines is 2. The lowest BCUT2D eigenvalue weighted by atomic mass is 10.0. The van der Waals surface area contributed by atoms with E-state index in [1.54, 1.807) is 30.3 Å². The molecule has 7 rings (SSSR count). The lowest BCUT2D eigenvalue weighted by Crippen LogP contribution is -2.61. The molecule has 6 heterocycles. The predicted molar refractivity (Wildman–Crippen MR) is 428 cm³/mol. The molecule has 1 aromatic carbocycles. The highest BCUT2D eigenvalue weighted by atomic mass is 33.1. The first kappa shape index (κ1) is 93.8. The van der Waals surface area contributed by atoms with Gasteiger partial charge in [0.25, 0.3) is 0 Å². The predicted octanol–water partition coefficient (Wildman–Crippen LogP) is -10.1. The SMILES string of the molecule is C[C@@H]1NC(=O)[C@@H]2CSSC[C@@H]3NC(=O)[C@H](CSSC[C@H](NC(=O)[C@H](C)NC(=O)[C@@H]4CCCN4C(=O)[C@H](Cc4c[nH]cn4)NC3=O)C(=O)NCC(=O)N[C@@H](CCCCN)C(=O)N[C@@H](Cc3c[nH]cn3)C(=O)N[C@@H](Cc3ccccc3)C(=O)N[C@@H](CO)C(=O)N2)NC(=O)[C@H](CCCNC(=N)N)NC(=O)CNC(=O)[C@H](CC(N)=O)NC(=O)CNC1=O. The maximum absolute atomic E-state index is 15.4. The van der Waals surface area contributed by atoms with Crippen LogP contribution in [0, 0.1) is 5.41 Å². The van der Waals surface area contributed by atoms with Crippen LogP contribution in [0.15, 0.2) is 55.4 Å². The smallest absolute Gasteiger partial charge is 0.246 e. The summed E-state index contributed by atoms with van der Waals surface area (Å²) in [7, 11) is 3.14. The number of hydrogen-bond donors (Lipinski definition) is 24. The Hall–Kier alpha value is -11.3. The first-order valence-electron chi connectivity index (χ1n) is 37.6. The fourth-order valence-corrected chi connectivity index (χ4v) is 16.8. The van der Waals surface area contributed by atoms with Crippen LogP contribution in [0.25, 0.3) is 0 Å². The van der Waals surface area contributed by atoms with Crippen molar-refractivity contribution in [1.29, 1.82) is 5.41 Å². The van der Waals surface area contributed by atoms with Crippen LogP contribution in [0.5, 0.6) is 0 Å². The van der Waals surface area contributed by atoms with Crippen LogP contribution < -0.4 is 108 Å². The molecule has 18 amide bonds. The second-order valence-electron chi connectivity index (χ2n) is 27.6. The van der Waals surface area contributed by atoms with E-state index in [4.69, 9.17) is 22.6 Å². The minimum absolute atomic E-state index is 0.0288. The summed E-state index contributed by atoms with van der Waals surface area (Å²) in [6.45, 7) is -1.46. The Morgan fingerprint density at radius 2 is 0.915 bits per heavy atom. The van der Waals surface area contributed by atoms with Gasteiger partial charge in [-0.3, -0.25) is 91.7 Å². The summed E-state index contributed by atoms with van der Waals surface area (Å²) in [5, 5.41) is 61.1. The number of primary amides is 1. The summed E-state index contributed by atoms with van der Waals surface area (Å²) in [5.41, 5.74) is 17.7. The molecule has 45 nitrogen and oxygen atoms in total. The Bertz CT molecular complexity index is 4060. The third-order valence-corrected chi connectivity index (χ3v) is 23.3. The summed E-state index contributed by atoms with van der Waals surface area (Å²) in [6.07, 6.45) is 4.00. The van der Waals surface area contributed by atoms with Gasteiger partial charge in [0, 0.05) is 67.8 Å². The van der Waals surface area contributed by atoms with E-state index in [0.29, 0.717) is 12.0 Å². The number of nitrogens with zero attached hydrogens (tertiary/aromatic N) is 3. The second kappa shape index (κ2) is 47.8. The Morgan fingerprint density at radius 1 is 0.483 bits per heavy atom. The van der Waals surface area contributed by atoms with Crippen LogP contribution in [-0.2, 0) is 106 Å². The Kier molecular flexibility index (Phi) is 38.0. The quantitative estimate of drug-likeness (QED) is 0.0258. The summed E-state index contributed by atoms with van der Waals surface area (Å²) in [6, 6.07) is -14.9. The lowest BCUT2D eigenvalue weighted by Gasteiger charge is -2.31. The molecule has 2 aromatic heterocycles. The zero-order chi connectivity index (χ0) is 86.0. The van der Waals surface area contributed by atoms with Crippen molar-refractivity contribution < 1.29 is 91.4 Å². The Morgan fingerprint density at radius 3 is 1.45 bits per heavy atom. The molecule has 49 heteroatoms. The number of nitrogens with two attached hydrogens (primary N) is 3. The fourth-order valence-electron chi connectivity index (χ4n) is 12.2. The van der Waals surface area contributed by atoms with E-state index < -0.39 is 253 Å². The minimum atomic E-state index is -1.97. The van der Waals surface area contributed by atoms with Crippen molar-refractivity contribution in [2.24, 2.45) is 17.2 Å². The maximum atomic E-state index is 15.4. The fraction of sp³-hybridized carbons (Fsp3) is 0.551. The largest absolute Gasteiger partial charge is 0.394 e. The maximum Gasteiger partial charge on any atom is 0.246 e. The molecule has 0 aliphatic carbocycles. The minimum Gasteiger partial charge on any atom is -0.394 e. The van der Waals surface area contributed by atoms with Gasteiger partial charge in [0.15, 0.2) is 5.96 Å². The Labute approximate surface area is 691 Å². The number of amides is 18. The van der Waals surface area contributed by atoms with Gasteiger partial charge < -0.3 is 128 Å². The number of unbranched alkanes of at least 4 members (excludes halogenated alkanes) is 1. The normalized spacial score (nSPS) is 26.7. The lowest BCUT2D eigenvalue weighted by molar-refractivity contribution is -0.142. The molecule has 4 fully saturated rings. The van der Waals surface area contributed by atoms with Crippen molar-refractivity contribution >= 4 is 155 Å². The van der Waals surface area contributed by atoms with Gasteiger partial charge in [0.05, 0.1) is 56.7 Å². The third-order valence-electron chi connectivity index (χ3n) is 18.5. The molecule has 644 valence electrons. The molecule has 4 saturated heterocycles. The van der Waals surface area contributed by atoms with Crippen molar-refractivity contribution in [3.63, 3.8) is 0 Å². The molecule has 0 spiro atoms. The number of hydrogen-bond acceptors (Lipinski definition) is 27. The molecule has 0 saturated carbocycles. The molecule has 0 radical (unpaired) electrons. The van der Waals surface area contributed by atoms with E-state index in [1.807, 2.05) is 0 Å². The number of aromatic nitrogens is 4. The number of nitrogens with one attached hydrogen (secondary N) is 20. The average molecular weight is 1730 g/mol. The number of aliphatic hydroxyl groups excluding tert-OH is 1. The number of benzene rings is 1. The highest BCUT2D eigenvalue weighted by Gasteiger charge is 2.42. The van der Waals surface area contributed by atoms with Crippen molar-refractivity contribution in [2.75, 3.05) is 68.9 Å². The van der Waals surface area contributed by atoms with Gasteiger partial charge in [-0.15, -0.1) is 0 Å². The number of imidazole rings is 2. The highest BCUT2D eigenvalue weighted by Crippen LogP contribution is 2.27. The van der Waals surface area contributed by atoms with Crippen LogP contribution in [0.2, 0.25) is 0 Å². The van der Waals surface area contributed by atoms with E-state index in [9.17, 15) is 77.0 Å². The molecule has 4 bridgehead atoms. The molecule has 118 heavy (non-hydrogen) atoms. The van der Waals surface area contributed by atoms with Crippen LogP contribution in [-0.4, -0.2) is 296 Å². The van der Waals surface area contributed by atoms with Crippen molar-refractivity contribution in [3.8, 4) is 0 Å². The van der Waals surface area contributed by atoms with E-state index in [0.717, 1.165) is 50.1 Å². The van der Waals surface area contributed by atoms with E-state index >= 15 is 14.4 Å². The summed E-state index contributed by atoms with van der Waals surface area (Å²) >= 11 is 0. The molecular formula is C69H100N26O19S4. The highest BCUT2D eigenvalue weighted by molar-refractivity contribution is 8.77. The zero-order valence-electron chi connectivity index (χ0n) is 64.3. The Balaban J connectivity index is 1.39. The number of carbonyl (C=O) groups is 18. The van der Waals surface area contributed by atoms with Crippen LogP contribution in [0.3, 0.4) is 0 Å². The van der Waals surface area contributed by atoms with Gasteiger partial charge in [-0.05, 0) is 70.9 Å². The van der Waals surface area contributed by atoms with E-state index in [1.165, 1.54) is 36.9 Å². The molecule has 0 unspecified atom stereocenters. The van der Waals surface area contributed by atoms with Gasteiger partial charge in [0.2, 0.25) is 106 Å². The van der Waals surface area contributed by atoms with Crippen molar-refractivity contribution in [1.82, 2.24) is 115 Å². The van der Waals surface area contributed by atoms with Gasteiger partial charge in [-0.1, -0.05) is 73.5 Å². The monoisotopic (exact) mass is 1720 g/mol. The average Bonchev–Trinajstić information content (AvgIpc) is 1.64. The molecule has 4 aliphatic rings. The first-order valence-corrected chi connectivity index (χ1v) is 42.6. The number of guanidine groups is 1. The number of aliphatic hydroxyl groups is 1. The number of rotatable bonds is 17. The van der Waals surface area contributed by atoms with Crippen LogP contribution >= 0.6 is 43.2 Å². The van der Waals surface area contributed by atoms with Crippen LogP contribution in [0.4, 0.5) is 0 Å². The number of carbonyl (C=O) groups excluding carboxylic acids is 18. The second-order valence-corrected chi connectivity index (χ2v) is 32.7. The zero-order valence-corrected chi connectivity index (χ0v) is 67.6. The summed E-state index contributed by atoms with van der Waals surface area (Å²) in [5.74, 6) is -21.4.